The van der Waals surface area contributed by atoms with Crippen LogP contribution in [0.4, 0.5) is 11.4 Å². The van der Waals surface area contributed by atoms with Crippen LogP contribution in [0.3, 0.4) is 0 Å². The molecule has 252 valence electrons. The van der Waals surface area contributed by atoms with E-state index in [4.69, 9.17) is 25.8 Å². The highest BCUT2D eigenvalue weighted by atomic mass is 35.5. The van der Waals surface area contributed by atoms with Crippen LogP contribution >= 0.6 is 11.6 Å². The molecule has 0 saturated heterocycles. The molecule has 0 bridgehead atoms. The molecule has 1 aliphatic heterocycles. The molecule has 2 aliphatic rings. The Labute approximate surface area is 297 Å². The van der Waals surface area contributed by atoms with Crippen molar-refractivity contribution in [2.24, 2.45) is 0 Å². The summed E-state index contributed by atoms with van der Waals surface area (Å²) in [4.78, 5) is 31.0. The van der Waals surface area contributed by atoms with Gasteiger partial charge in [-0.1, -0.05) is 72.3 Å². The summed E-state index contributed by atoms with van der Waals surface area (Å²) in [5, 5.41) is 4.27. The van der Waals surface area contributed by atoms with E-state index in [1.54, 1.807) is 24.1 Å². The molecule has 0 fully saturated rings. The Morgan fingerprint density at radius 2 is 1.54 bits per heavy atom. The number of halogens is 1. The number of hydrogen-bond donors (Lipinski definition) is 1. The van der Waals surface area contributed by atoms with Crippen molar-refractivity contribution >= 4 is 34.7 Å². The number of amides is 1. The van der Waals surface area contributed by atoms with E-state index in [9.17, 15) is 9.59 Å². The van der Waals surface area contributed by atoms with E-state index in [0.29, 0.717) is 59.4 Å². The van der Waals surface area contributed by atoms with Crippen molar-refractivity contribution in [1.29, 1.82) is 0 Å². The van der Waals surface area contributed by atoms with Gasteiger partial charge in [-0.05, 0) is 96.6 Å². The van der Waals surface area contributed by atoms with Crippen LogP contribution in [-0.2, 0) is 11.4 Å². The van der Waals surface area contributed by atoms with Crippen LogP contribution in [0.5, 0.6) is 17.2 Å². The molecule has 0 radical (unpaired) electrons. The highest BCUT2D eigenvalue weighted by molar-refractivity contribution is 6.30. The molecule has 1 heterocycles. The number of anilines is 2. The monoisotopic (exact) mass is 684 g/mol. The quantitative estimate of drug-likeness (QED) is 0.167. The number of nitrogens with zero attached hydrogens (tertiary/aromatic N) is 1. The summed E-state index contributed by atoms with van der Waals surface area (Å²) in [5.41, 5.74) is 6.05. The van der Waals surface area contributed by atoms with Crippen molar-refractivity contribution in [1.82, 2.24) is 0 Å². The number of allylic oxidation sites excluding steroid dienone is 1. The third kappa shape index (κ3) is 6.69. The van der Waals surface area contributed by atoms with Gasteiger partial charge >= 0.3 is 0 Å². The van der Waals surface area contributed by atoms with E-state index in [1.807, 2.05) is 116 Å². The fourth-order valence-corrected chi connectivity index (χ4v) is 6.91. The van der Waals surface area contributed by atoms with E-state index in [0.717, 1.165) is 33.8 Å². The van der Waals surface area contributed by atoms with E-state index < -0.39 is 6.04 Å². The predicted octanol–water partition coefficient (Wildman–Crippen LogP) is 9.54. The summed E-state index contributed by atoms with van der Waals surface area (Å²) in [5.74, 6) is 1.55. The number of hydrogen-bond acceptors (Lipinski definition) is 6. The van der Waals surface area contributed by atoms with Crippen LogP contribution in [0, 0.1) is 0 Å². The standard InChI is InChI=1S/C42H37ClN2O5/c1-3-49-39-25-30(17-22-38(39)50-26-27-13-18-32(43)19-14-27)41-40-35(23-31(24-37(40)46)28-15-20-33(48-2)21-16-28)44-34-11-7-8-12-36(34)45(41)42(47)29-9-5-4-6-10-29/h4-22,25,31,41,44H,3,23-24,26H2,1-2H3/t31-,41-/m0/s1. The molecule has 1 amide bonds. The first kappa shape index (κ1) is 33.0. The summed E-state index contributed by atoms with van der Waals surface area (Å²) >= 11 is 6.09. The minimum absolute atomic E-state index is 0.0238. The van der Waals surface area contributed by atoms with Crippen LogP contribution in [0.2, 0.25) is 5.02 Å². The summed E-state index contributed by atoms with van der Waals surface area (Å²) < 4.78 is 17.8. The van der Waals surface area contributed by atoms with Crippen molar-refractivity contribution in [2.45, 2.75) is 38.3 Å². The van der Waals surface area contributed by atoms with Crippen molar-refractivity contribution in [3.63, 3.8) is 0 Å². The number of ether oxygens (including phenoxy) is 3. The van der Waals surface area contributed by atoms with Gasteiger partial charge in [0.2, 0.25) is 0 Å². The first-order chi connectivity index (χ1) is 24.4. The average Bonchev–Trinajstić information content (AvgIpc) is 3.30. The SMILES string of the molecule is CCOc1cc([C@H]2C3=C(C[C@H](c4ccc(OC)cc4)CC3=O)Nc3ccccc3N2C(=O)c2ccccc2)ccc1OCc1ccc(Cl)cc1. The summed E-state index contributed by atoms with van der Waals surface area (Å²) in [6.45, 7) is 2.63. The lowest BCUT2D eigenvalue weighted by atomic mass is 9.78. The third-order valence-electron chi connectivity index (χ3n) is 9.21. The van der Waals surface area contributed by atoms with Crippen LogP contribution in [-0.4, -0.2) is 25.4 Å². The van der Waals surface area contributed by atoms with Gasteiger partial charge in [0.05, 0.1) is 31.1 Å². The first-order valence-corrected chi connectivity index (χ1v) is 17.1. The van der Waals surface area contributed by atoms with Crippen LogP contribution in [0.1, 0.15) is 58.8 Å². The zero-order valence-corrected chi connectivity index (χ0v) is 28.7. The number of ketones is 1. The van der Waals surface area contributed by atoms with Crippen molar-refractivity contribution in [3.05, 3.63) is 160 Å². The van der Waals surface area contributed by atoms with Crippen molar-refractivity contribution in [2.75, 3.05) is 23.9 Å². The molecular weight excluding hydrogens is 648 g/mol. The summed E-state index contributed by atoms with van der Waals surface area (Å²) in [6.07, 6.45) is 0.889. The Hall–Kier alpha value is -5.53. The van der Waals surface area contributed by atoms with Gasteiger partial charge < -0.3 is 19.5 Å². The maximum absolute atomic E-state index is 14.7. The molecule has 5 aromatic rings. The number of para-hydroxylation sites is 2. The minimum atomic E-state index is -0.748. The van der Waals surface area contributed by atoms with Gasteiger partial charge in [0.1, 0.15) is 12.4 Å². The Bertz CT molecular complexity index is 2040. The van der Waals surface area contributed by atoms with Crippen LogP contribution < -0.4 is 24.4 Å². The van der Waals surface area contributed by atoms with E-state index in [2.05, 4.69) is 5.32 Å². The maximum Gasteiger partial charge on any atom is 0.259 e. The normalized spacial score (nSPS) is 16.9. The predicted molar refractivity (Wildman–Crippen MR) is 196 cm³/mol. The fourth-order valence-electron chi connectivity index (χ4n) is 6.78. The number of rotatable bonds is 9. The molecule has 7 nitrogen and oxygen atoms in total. The van der Waals surface area contributed by atoms with Gasteiger partial charge in [0.25, 0.3) is 5.91 Å². The number of nitrogens with one attached hydrogen (secondary N) is 1. The molecule has 1 N–H and O–H groups in total. The van der Waals surface area contributed by atoms with Gasteiger partial charge in [-0.2, -0.15) is 0 Å². The smallest absolute Gasteiger partial charge is 0.259 e. The summed E-state index contributed by atoms with van der Waals surface area (Å²) in [7, 11) is 1.64. The Kier molecular flexibility index (Phi) is 9.58. The Morgan fingerprint density at radius 1 is 0.820 bits per heavy atom. The Balaban J connectivity index is 1.36. The highest BCUT2D eigenvalue weighted by Gasteiger charge is 2.42. The number of fused-ring (bicyclic) bond motifs is 1. The van der Waals surface area contributed by atoms with Gasteiger partial charge in [-0.25, -0.2) is 0 Å². The average molecular weight is 685 g/mol. The molecule has 1 aliphatic carbocycles. The minimum Gasteiger partial charge on any atom is -0.497 e. The molecule has 50 heavy (non-hydrogen) atoms. The molecule has 0 spiro atoms. The second kappa shape index (κ2) is 14.5. The second-order valence-electron chi connectivity index (χ2n) is 12.3. The van der Waals surface area contributed by atoms with E-state index in [-0.39, 0.29) is 17.6 Å². The lowest BCUT2D eigenvalue weighted by Crippen LogP contribution is -2.38. The van der Waals surface area contributed by atoms with Crippen LogP contribution in [0.15, 0.2) is 133 Å². The zero-order chi connectivity index (χ0) is 34.6. The maximum atomic E-state index is 14.7. The highest BCUT2D eigenvalue weighted by Crippen LogP contribution is 2.49. The van der Waals surface area contributed by atoms with Gasteiger partial charge in [0.15, 0.2) is 17.3 Å². The molecule has 2 atom stereocenters. The van der Waals surface area contributed by atoms with Crippen molar-refractivity contribution in [3.8, 4) is 17.2 Å². The number of methoxy groups -OCH3 is 1. The molecule has 7 rings (SSSR count). The van der Waals surface area contributed by atoms with Crippen LogP contribution in [0.25, 0.3) is 0 Å². The Morgan fingerprint density at radius 3 is 2.28 bits per heavy atom. The lowest BCUT2D eigenvalue weighted by molar-refractivity contribution is -0.116. The first-order valence-electron chi connectivity index (χ1n) is 16.7. The lowest BCUT2D eigenvalue weighted by Gasteiger charge is -2.35. The zero-order valence-electron chi connectivity index (χ0n) is 27.9. The molecule has 5 aromatic carbocycles. The third-order valence-corrected chi connectivity index (χ3v) is 9.46. The molecular formula is C42H37ClN2O5. The van der Waals surface area contributed by atoms with Gasteiger partial charge in [0, 0.05) is 28.3 Å². The second-order valence-corrected chi connectivity index (χ2v) is 12.8. The number of carbonyl (C=O) groups is 2. The topological polar surface area (TPSA) is 77.1 Å². The van der Waals surface area contributed by atoms with Gasteiger partial charge in [-0.15, -0.1) is 0 Å². The summed E-state index contributed by atoms with van der Waals surface area (Å²) in [6, 6.07) is 37.2. The molecule has 0 aromatic heterocycles. The van der Waals surface area contributed by atoms with E-state index >= 15 is 0 Å². The number of carbonyl (C=O) groups excluding carboxylic acids is 2. The largest absolute Gasteiger partial charge is 0.497 e. The number of benzene rings is 5. The van der Waals surface area contributed by atoms with E-state index in [1.165, 1.54) is 0 Å². The fraction of sp³-hybridized carbons (Fsp3) is 0.190. The van der Waals surface area contributed by atoms with Gasteiger partial charge in [-0.3, -0.25) is 14.5 Å². The molecule has 8 heteroatoms. The number of Topliss-reactive ketones (excluding diaryl/α,β-unsaturated/α-hetero) is 1. The van der Waals surface area contributed by atoms with Crippen molar-refractivity contribution < 1.29 is 23.8 Å². The molecule has 0 unspecified atom stereocenters. The molecule has 0 saturated carbocycles.